The summed E-state index contributed by atoms with van der Waals surface area (Å²) in [6, 6.07) is 8.19. The van der Waals surface area contributed by atoms with Gasteiger partial charge in [-0.25, -0.2) is 18.4 Å². The smallest absolute Gasteiger partial charge is 0.316 e. The molecule has 8 heteroatoms. The SMILES string of the molecule is Cc1cc(C)nc(OCCCn2c3c(c4cc(NS(C)(=O)=O)ccc42)CCCC3)n1. The van der Waals surface area contributed by atoms with Gasteiger partial charge in [-0.15, -0.1) is 0 Å². The van der Waals surface area contributed by atoms with Gasteiger partial charge >= 0.3 is 6.01 Å². The van der Waals surface area contributed by atoms with Crippen LogP contribution in [0.5, 0.6) is 6.01 Å². The highest BCUT2D eigenvalue weighted by molar-refractivity contribution is 7.92. The summed E-state index contributed by atoms with van der Waals surface area (Å²) >= 11 is 0. The van der Waals surface area contributed by atoms with Crippen molar-refractivity contribution in [3.8, 4) is 6.01 Å². The van der Waals surface area contributed by atoms with Crippen LogP contribution in [-0.4, -0.2) is 35.8 Å². The highest BCUT2D eigenvalue weighted by atomic mass is 32.2. The fourth-order valence-electron chi connectivity index (χ4n) is 4.31. The number of nitrogens with zero attached hydrogens (tertiary/aromatic N) is 3. The Morgan fingerprint density at radius 2 is 1.83 bits per heavy atom. The van der Waals surface area contributed by atoms with Gasteiger partial charge in [0.2, 0.25) is 10.0 Å². The summed E-state index contributed by atoms with van der Waals surface area (Å²) in [7, 11) is -3.30. The third-order valence-electron chi connectivity index (χ3n) is 5.40. The van der Waals surface area contributed by atoms with E-state index in [2.05, 4.69) is 19.3 Å². The van der Waals surface area contributed by atoms with Crippen molar-refractivity contribution >= 4 is 26.6 Å². The molecule has 30 heavy (non-hydrogen) atoms. The predicted molar refractivity (Wildman–Crippen MR) is 119 cm³/mol. The Hall–Kier alpha value is -2.61. The number of anilines is 1. The van der Waals surface area contributed by atoms with Crippen LogP contribution in [0, 0.1) is 13.8 Å². The van der Waals surface area contributed by atoms with E-state index >= 15 is 0 Å². The normalized spacial score (nSPS) is 14.0. The van der Waals surface area contributed by atoms with Gasteiger partial charge in [-0.2, -0.15) is 0 Å². The minimum absolute atomic E-state index is 0.434. The van der Waals surface area contributed by atoms with E-state index < -0.39 is 10.0 Å². The summed E-state index contributed by atoms with van der Waals surface area (Å²) < 4.78 is 34.0. The third kappa shape index (κ3) is 4.59. The largest absolute Gasteiger partial charge is 0.463 e. The van der Waals surface area contributed by atoms with Crippen LogP contribution in [0.4, 0.5) is 5.69 Å². The molecule has 0 atom stereocenters. The average molecular weight is 429 g/mol. The Balaban J connectivity index is 1.54. The Morgan fingerprint density at radius 3 is 2.57 bits per heavy atom. The van der Waals surface area contributed by atoms with Crippen LogP contribution in [0.3, 0.4) is 0 Å². The number of rotatable bonds is 7. The molecule has 0 unspecified atom stereocenters. The fraction of sp³-hybridized carbons (Fsp3) is 0.455. The van der Waals surface area contributed by atoms with Gasteiger partial charge in [0.1, 0.15) is 0 Å². The molecule has 0 amide bonds. The summed E-state index contributed by atoms with van der Waals surface area (Å²) in [5, 5.41) is 1.15. The first-order chi connectivity index (χ1) is 14.3. The van der Waals surface area contributed by atoms with Crippen LogP contribution in [0.25, 0.3) is 10.9 Å². The van der Waals surface area contributed by atoms with E-state index in [-0.39, 0.29) is 0 Å². The van der Waals surface area contributed by atoms with E-state index in [1.165, 1.54) is 30.4 Å². The maximum Gasteiger partial charge on any atom is 0.316 e. The van der Waals surface area contributed by atoms with Crippen molar-refractivity contribution in [2.24, 2.45) is 0 Å². The molecule has 0 saturated heterocycles. The van der Waals surface area contributed by atoms with E-state index in [9.17, 15) is 8.42 Å². The number of aromatic nitrogens is 3. The lowest BCUT2D eigenvalue weighted by Crippen LogP contribution is -2.11. The van der Waals surface area contributed by atoms with Crippen molar-refractivity contribution in [3.05, 3.63) is 46.9 Å². The molecule has 1 N–H and O–H groups in total. The molecule has 160 valence electrons. The van der Waals surface area contributed by atoms with Gasteiger partial charge < -0.3 is 9.30 Å². The van der Waals surface area contributed by atoms with Gasteiger partial charge in [-0.3, -0.25) is 4.72 Å². The van der Waals surface area contributed by atoms with E-state index in [1.807, 2.05) is 38.1 Å². The summed E-state index contributed by atoms with van der Waals surface area (Å²) in [5.41, 5.74) is 6.31. The zero-order valence-corrected chi connectivity index (χ0v) is 18.6. The van der Waals surface area contributed by atoms with Gasteiger partial charge in [-0.1, -0.05) is 0 Å². The number of ether oxygens (including phenoxy) is 1. The second-order valence-corrected chi connectivity index (χ2v) is 9.77. The van der Waals surface area contributed by atoms with E-state index in [4.69, 9.17) is 4.74 Å². The van der Waals surface area contributed by atoms with E-state index in [1.54, 1.807) is 0 Å². The molecule has 1 aromatic carbocycles. The quantitative estimate of drug-likeness (QED) is 0.579. The molecule has 0 fully saturated rings. The van der Waals surface area contributed by atoms with Crippen molar-refractivity contribution in [2.45, 2.75) is 52.5 Å². The molecular formula is C22H28N4O3S. The van der Waals surface area contributed by atoms with E-state index in [0.29, 0.717) is 18.3 Å². The fourth-order valence-corrected chi connectivity index (χ4v) is 4.87. The van der Waals surface area contributed by atoms with Gasteiger partial charge in [0.25, 0.3) is 0 Å². The lowest BCUT2D eigenvalue weighted by Gasteiger charge is -2.16. The predicted octanol–water partition coefficient (Wildman–Crippen LogP) is 3.77. The summed E-state index contributed by atoms with van der Waals surface area (Å²) in [5.74, 6) is 0. The van der Waals surface area contributed by atoms with Crippen molar-refractivity contribution in [1.82, 2.24) is 14.5 Å². The number of hydrogen-bond donors (Lipinski definition) is 1. The summed E-state index contributed by atoms with van der Waals surface area (Å²) in [6.45, 7) is 5.26. The molecule has 1 aliphatic carbocycles. The Morgan fingerprint density at radius 1 is 1.10 bits per heavy atom. The average Bonchev–Trinajstić information content (AvgIpc) is 2.97. The van der Waals surface area contributed by atoms with Gasteiger partial charge in [0.05, 0.1) is 12.9 Å². The number of hydrogen-bond acceptors (Lipinski definition) is 5. The number of nitrogens with one attached hydrogen (secondary N) is 1. The van der Waals surface area contributed by atoms with Crippen molar-refractivity contribution in [1.29, 1.82) is 0 Å². The van der Waals surface area contributed by atoms with Crippen molar-refractivity contribution in [2.75, 3.05) is 17.6 Å². The topological polar surface area (TPSA) is 86.1 Å². The van der Waals surface area contributed by atoms with Crippen LogP contribution in [0.15, 0.2) is 24.3 Å². The number of benzene rings is 1. The van der Waals surface area contributed by atoms with E-state index in [0.717, 1.165) is 48.1 Å². The number of aryl methyl sites for hydroxylation is 4. The van der Waals surface area contributed by atoms with Gasteiger partial charge in [-0.05, 0) is 75.8 Å². The molecule has 2 heterocycles. The molecule has 7 nitrogen and oxygen atoms in total. The lowest BCUT2D eigenvalue weighted by atomic mass is 9.95. The van der Waals surface area contributed by atoms with Crippen LogP contribution in [-0.2, 0) is 29.4 Å². The first kappa shape index (κ1) is 20.7. The lowest BCUT2D eigenvalue weighted by molar-refractivity contribution is 0.278. The van der Waals surface area contributed by atoms with Crippen LogP contribution in [0.1, 0.15) is 41.9 Å². The Bertz CT molecular complexity index is 1160. The molecule has 0 aliphatic heterocycles. The first-order valence-electron chi connectivity index (χ1n) is 10.4. The molecule has 2 aromatic heterocycles. The molecule has 4 rings (SSSR count). The minimum atomic E-state index is -3.30. The molecule has 1 aliphatic rings. The Kier molecular flexibility index (Phi) is 5.69. The molecule has 0 bridgehead atoms. The molecule has 3 aromatic rings. The number of fused-ring (bicyclic) bond motifs is 3. The van der Waals surface area contributed by atoms with Gasteiger partial charge in [0.15, 0.2) is 0 Å². The van der Waals surface area contributed by atoms with Crippen molar-refractivity contribution < 1.29 is 13.2 Å². The molecule has 0 saturated carbocycles. The highest BCUT2D eigenvalue weighted by Crippen LogP contribution is 2.34. The Labute approximate surface area is 177 Å². The summed E-state index contributed by atoms with van der Waals surface area (Å²) in [4.78, 5) is 8.66. The maximum absolute atomic E-state index is 11.6. The van der Waals surface area contributed by atoms with Crippen LogP contribution in [0.2, 0.25) is 0 Å². The molecule has 0 spiro atoms. The minimum Gasteiger partial charge on any atom is -0.463 e. The van der Waals surface area contributed by atoms with Crippen molar-refractivity contribution in [3.63, 3.8) is 0 Å². The second kappa shape index (κ2) is 8.26. The maximum atomic E-state index is 11.6. The van der Waals surface area contributed by atoms with Gasteiger partial charge in [0, 0.05) is 40.2 Å². The zero-order valence-electron chi connectivity index (χ0n) is 17.7. The van der Waals surface area contributed by atoms with Crippen LogP contribution < -0.4 is 9.46 Å². The first-order valence-corrected chi connectivity index (χ1v) is 12.3. The third-order valence-corrected chi connectivity index (χ3v) is 6.01. The zero-order chi connectivity index (χ0) is 21.3. The summed E-state index contributed by atoms with van der Waals surface area (Å²) in [6.07, 6.45) is 6.47. The molecule has 0 radical (unpaired) electrons. The molecular weight excluding hydrogens is 400 g/mol. The van der Waals surface area contributed by atoms with Crippen LogP contribution >= 0.6 is 0 Å². The highest BCUT2D eigenvalue weighted by Gasteiger charge is 2.20. The standard InChI is InChI=1S/C22H28N4O3S/c1-15-13-16(2)24-22(23-15)29-12-6-11-26-20-8-5-4-7-18(20)19-14-17(9-10-21(19)26)25-30(3,27)28/h9-10,13-14,25H,4-8,11-12H2,1-3H3. The number of sulfonamides is 1. The second-order valence-electron chi connectivity index (χ2n) is 8.03. The monoisotopic (exact) mass is 428 g/mol.